The van der Waals surface area contributed by atoms with Crippen LogP contribution in [-0.2, 0) is 11.3 Å². The average molecular weight is 295 g/mol. The monoisotopic (exact) mass is 295 g/mol. The van der Waals surface area contributed by atoms with E-state index >= 15 is 0 Å². The van der Waals surface area contributed by atoms with E-state index in [9.17, 15) is 14.9 Å². The van der Waals surface area contributed by atoms with Gasteiger partial charge in [-0.15, -0.1) is 0 Å². The molecule has 0 atom stereocenters. The van der Waals surface area contributed by atoms with Crippen LogP contribution >= 0.6 is 0 Å². The Morgan fingerprint density at radius 1 is 1.38 bits per heavy atom. The average Bonchev–Trinajstić information content (AvgIpc) is 2.35. The SMILES string of the molecule is CNCc1cc([N+](=O)[O-])ccc1OCC(=O)NC(C)(C)C. The predicted octanol–water partition coefficient (Wildman–Crippen LogP) is 1.61. The summed E-state index contributed by atoms with van der Waals surface area (Å²) in [7, 11) is 1.73. The van der Waals surface area contributed by atoms with Crippen molar-refractivity contribution in [1.82, 2.24) is 10.6 Å². The standard InChI is InChI=1S/C14H21N3O4/c1-14(2,3)16-13(18)9-21-12-6-5-11(17(19)20)7-10(12)8-15-4/h5-7,15H,8-9H2,1-4H3,(H,16,18). The number of carbonyl (C=O) groups is 1. The van der Waals surface area contributed by atoms with Crippen molar-refractivity contribution < 1.29 is 14.5 Å². The summed E-state index contributed by atoms with van der Waals surface area (Å²) >= 11 is 0. The molecule has 0 saturated carbocycles. The van der Waals surface area contributed by atoms with Gasteiger partial charge in [0, 0.05) is 29.8 Å². The minimum Gasteiger partial charge on any atom is -0.483 e. The molecule has 1 aromatic rings. The van der Waals surface area contributed by atoms with Crippen LogP contribution in [0.2, 0.25) is 0 Å². The Kier molecular flexibility index (Phi) is 5.66. The smallest absolute Gasteiger partial charge is 0.270 e. The summed E-state index contributed by atoms with van der Waals surface area (Å²) in [4.78, 5) is 22.0. The number of rotatable bonds is 6. The fraction of sp³-hybridized carbons (Fsp3) is 0.500. The Balaban J connectivity index is 2.78. The van der Waals surface area contributed by atoms with Gasteiger partial charge in [-0.05, 0) is 33.9 Å². The Hall–Kier alpha value is -2.15. The maximum atomic E-state index is 11.7. The van der Waals surface area contributed by atoms with E-state index in [-0.39, 0.29) is 23.7 Å². The van der Waals surface area contributed by atoms with E-state index in [2.05, 4.69) is 10.6 Å². The highest BCUT2D eigenvalue weighted by Gasteiger charge is 2.16. The van der Waals surface area contributed by atoms with Gasteiger partial charge >= 0.3 is 0 Å². The minimum absolute atomic E-state index is 0.00765. The van der Waals surface area contributed by atoms with Gasteiger partial charge < -0.3 is 15.4 Å². The molecule has 1 rings (SSSR count). The molecule has 0 aliphatic heterocycles. The van der Waals surface area contributed by atoms with E-state index in [1.807, 2.05) is 20.8 Å². The van der Waals surface area contributed by atoms with Gasteiger partial charge in [-0.25, -0.2) is 0 Å². The zero-order valence-corrected chi connectivity index (χ0v) is 12.7. The first-order valence-corrected chi connectivity index (χ1v) is 6.58. The second-order valence-corrected chi connectivity index (χ2v) is 5.67. The second kappa shape index (κ2) is 7.03. The number of carbonyl (C=O) groups excluding carboxylic acids is 1. The highest BCUT2D eigenvalue weighted by molar-refractivity contribution is 5.78. The fourth-order valence-electron chi connectivity index (χ4n) is 1.75. The van der Waals surface area contributed by atoms with Crippen molar-refractivity contribution in [3.05, 3.63) is 33.9 Å². The molecule has 21 heavy (non-hydrogen) atoms. The van der Waals surface area contributed by atoms with Gasteiger partial charge in [-0.3, -0.25) is 14.9 Å². The number of nitro benzene ring substituents is 1. The van der Waals surface area contributed by atoms with Crippen LogP contribution in [0.4, 0.5) is 5.69 Å². The molecule has 7 nitrogen and oxygen atoms in total. The summed E-state index contributed by atoms with van der Waals surface area (Å²) in [5, 5.41) is 16.5. The third-order valence-electron chi connectivity index (χ3n) is 2.50. The number of hydrogen-bond donors (Lipinski definition) is 2. The third-order valence-corrected chi connectivity index (χ3v) is 2.50. The van der Waals surface area contributed by atoms with Crippen LogP contribution in [0.25, 0.3) is 0 Å². The van der Waals surface area contributed by atoms with Crippen LogP contribution in [-0.4, -0.2) is 30.0 Å². The molecule has 1 amide bonds. The first-order chi connectivity index (χ1) is 9.73. The number of nitrogens with zero attached hydrogens (tertiary/aromatic N) is 1. The van der Waals surface area contributed by atoms with Gasteiger partial charge in [-0.2, -0.15) is 0 Å². The lowest BCUT2D eigenvalue weighted by molar-refractivity contribution is -0.384. The van der Waals surface area contributed by atoms with Crippen LogP contribution in [0.5, 0.6) is 5.75 Å². The van der Waals surface area contributed by atoms with Gasteiger partial charge in [0.25, 0.3) is 11.6 Å². The van der Waals surface area contributed by atoms with Gasteiger partial charge in [-0.1, -0.05) is 0 Å². The lowest BCUT2D eigenvalue weighted by atomic mass is 10.1. The molecule has 0 fully saturated rings. The predicted molar refractivity (Wildman–Crippen MR) is 79.3 cm³/mol. The van der Waals surface area contributed by atoms with Crippen LogP contribution < -0.4 is 15.4 Å². The van der Waals surface area contributed by atoms with E-state index in [0.717, 1.165) is 0 Å². The molecule has 1 aromatic carbocycles. The summed E-state index contributed by atoms with van der Waals surface area (Å²) in [6, 6.07) is 4.30. The van der Waals surface area contributed by atoms with E-state index in [0.29, 0.717) is 17.9 Å². The fourth-order valence-corrected chi connectivity index (χ4v) is 1.75. The van der Waals surface area contributed by atoms with E-state index in [4.69, 9.17) is 4.74 Å². The van der Waals surface area contributed by atoms with Gasteiger partial charge in [0.2, 0.25) is 0 Å². The summed E-state index contributed by atoms with van der Waals surface area (Å²) in [5.74, 6) is 0.218. The van der Waals surface area contributed by atoms with Crippen molar-refractivity contribution in [2.24, 2.45) is 0 Å². The largest absolute Gasteiger partial charge is 0.483 e. The zero-order chi connectivity index (χ0) is 16.0. The molecule has 0 spiro atoms. The van der Waals surface area contributed by atoms with Crippen LogP contribution in [0, 0.1) is 10.1 Å². The maximum absolute atomic E-state index is 11.7. The Labute approximate surface area is 123 Å². The van der Waals surface area contributed by atoms with Gasteiger partial charge in [0.1, 0.15) is 5.75 Å². The van der Waals surface area contributed by atoms with Crippen LogP contribution in [0.15, 0.2) is 18.2 Å². The maximum Gasteiger partial charge on any atom is 0.270 e. The van der Waals surface area contributed by atoms with E-state index in [1.54, 1.807) is 7.05 Å². The third kappa shape index (κ3) is 5.78. The number of non-ortho nitro benzene ring substituents is 1. The molecule has 0 saturated heterocycles. The normalized spacial score (nSPS) is 11.0. The van der Waals surface area contributed by atoms with E-state index < -0.39 is 4.92 Å². The minimum atomic E-state index is -0.463. The highest BCUT2D eigenvalue weighted by atomic mass is 16.6. The molecule has 0 aromatic heterocycles. The van der Waals surface area contributed by atoms with Crippen LogP contribution in [0.3, 0.4) is 0 Å². The number of ether oxygens (including phenoxy) is 1. The quantitative estimate of drug-likeness (QED) is 0.614. The van der Waals surface area contributed by atoms with Crippen molar-refractivity contribution in [1.29, 1.82) is 0 Å². The number of benzene rings is 1. The molecular weight excluding hydrogens is 274 g/mol. The summed E-state index contributed by atoms with van der Waals surface area (Å²) in [5.41, 5.74) is 0.297. The van der Waals surface area contributed by atoms with Crippen molar-refractivity contribution in [3.8, 4) is 5.75 Å². The number of amides is 1. The first-order valence-electron chi connectivity index (χ1n) is 6.58. The first kappa shape index (κ1) is 16.9. The van der Waals surface area contributed by atoms with Crippen molar-refractivity contribution in [3.63, 3.8) is 0 Å². The lowest BCUT2D eigenvalue weighted by Crippen LogP contribution is -2.43. The summed E-state index contributed by atoms with van der Waals surface area (Å²) < 4.78 is 5.46. The van der Waals surface area contributed by atoms with Crippen molar-refractivity contribution in [2.45, 2.75) is 32.9 Å². The number of nitro groups is 1. The summed E-state index contributed by atoms with van der Waals surface area (Å²) in [6.07, 6.45) is 0. The molecule has 116 valence electrons. The number of hydrogen-bond acceptors (Lipinski definition) is 5. The van der Waals surface area contributed by atoms with E-state index in [1.165, 1.54) is 18.2 Å². The Morgan fingerprint density at radius 3 is 2.57 bits per heavy atom. The molecule has 2 N–H and O–H groups in total. The molecule has 7 heteroatoms. The molecule has 0 bridgehead atoms. The molecule has 0 aliphatic carbocycles. The lowest BCUT2D eigenvalue weighted by Gasteiger charge is -2.20. The number of nitrogens with one attached hydrogen (secondary N) is 2. The molecule has 0 unspecified atom stereocenters. The van der Waals surface area contributed by atoms with Crippen molar-refractivity contribution >= 4 is 11.6 Å². The molecule has 0 radical (unpaired) electrons. The van der Waals surface area contributed by atoms with Gasteiger partial charge in [0.15, 0.2) is 6.61 Å². The summed E-state index contributed by atoms with van der Waals surface area (Å²) in [6.45, 7) is 5.92. The molecular formula is C14H21N3O4. The second-order valence-electron chi connectivity index (χ2n) is 5.67. The van der Waals surface area contributed by atoms with Crippen LogP contribution in [0.1, 0.15) is 26.3 Å². The highest BCUT2D eigenvalue weighted by Crippen LogP contribution is 2.24. The zero-order valence-electron chi connectivity index (χ0n) is 12.7. The Bertz CT molecular complexity index is 523. The molecule has 0 heterocycles. The Morgan fingerprint density at radius 2 is 2.05 bits per heavy atom. The van der Waals surface area contributed by atoms with Gasteiger partial charge in [0.05, 0.1) is 4.92 Å². The topological polar surface area (TPSA) is 93.5 Å². The molecule has 0 aliphatic rings. The van der Waals surface area contributed by atoms with Crippen molar-refractivity contribution in [2.75, 3.05) is 13.7 Å².